The van der Waals surface area contributed by atoms with Gasteiger partial charge in [0.15, 0.2) is 6.20 Å². The number of benzene rings is 2. The number of nitrogens with zero attached hydrogens (tertiary/aromatic N) is 2. The average molecular weight is 425 g/mol. The van der Waals surface area contributed by atoms with E-state index in [-0.39, 0.29) is 11.7 Å². The summed E-state index contributed by atoms with van der Waals surface area (Å²) in [6, 6.07) is 20.3. The number of nitrogen functional groups attached to an aromatic ring is 1. The zero-order chi connectivity index (χ0) is 22.5. The second-order valence-corrected chi connectivity index (χ2v) is 7.63. The van der Waals surface area contributed by atoms with Crippen molar-refractivity contribution in [2.24, 2.45) is 5.73 Å². The minimum absolute atomic E-state index is 0.00576. The third-order valence-electron chi connectivity index (χ3n) is 5.50. The molecule has 2 aromatic carbocycles. The lowest BCUT2D eigenvalue weighted by Crippen LogP contribution is -2.34. The summed E-state index contributed by atoms with van der Waals surface area (Å²) in [4.78, 5) is 14.7. The Morgan fingerprint density at radius 3 is 2.53 bits per heavy atom. The molecule has 32 heavy (non-hydrogen) atoms. The van der Waals surface area contributed by atoms with Gasteiger partial charge < -0.3 is 15.8 Å². The number of amidine groups is 1. The van der Waals surface area contributed by atoms with E-state index in [1.54, 1.807) is 18.2 Å². The molecule has 4 rings (SSSR count). The quantitative estimate of drug-likeness (QED) is 0.283. The number of amides is 1. The van der Waals surface area contributed by atoms with Crippen LogP contribution in [0.2, 0.25) is 0 Å². The highest BCUT2D eigenvalue weighted by Crippen LogP contribution is 2.24. The molecule has 1 aliphatic rings. The molecule has 3 aromatic rings. The SMILES string of the molecule is N=C(N)c1cccc(C2=CCN(C(=O)c3ccc(/C=C/c4cccc[n+]4[O-])cc3)CC2)c1. The molecule has 0 saturated heterocycles. The second-order valence-electron chi connectivity index (χ2n) is 7.63. The van der Waals surface area contributed by atoms with Gasteiger partial charge in [0.05, 0.1) is 0 Å². The normalized spacial score (nSPS) is 13.8. The maximum absolute atomic E-state index is 12.9. The molecule has 0 unspecified atom stereocenters. The average Bonchev–Trinajstić information content (AvgIpc) is 2.83. The number of nitrogens with two attached hydrogens (primary N) is 1. The molecule has 1 aliphatic heterocycles. The van der Waals surface area contributed by atoms with Crippen LogP contribution in [-0.2, 0) is 0 Å². The summed E-state index contributed by atoms with van der Waals surface area (Å²) < 4.78 is 0.808. The van der Waals surface area contributed by atoms with Gasteiger partial charge >= 0.3 is 0 Å². The van der Waals surface area contributed by atoms with E-state index in [0.717, 1.165) is 27.9 Å². The number of carbonyl (C=O) groups excluding carboxylic acids is 1. The van der Waals surface area contributed by atoms with Crippen LogP contribution in [0.25, 0.3) is 17.7 Å². The van der Waals surface area contributed by atoms with Crippen molar-refractivity contribution < 1.29 is 9.52 Å². The van der Waals surface area contributed by atoms with Crippen LogP contribution in [0.3, 0.4) is 0 Å². The van der Waals surface area contributed by atoms with Gasteiger partial charge in [0.2, 0.25) is 5.69 Å². The Balaban J connectivity index is 1.41. The van der Waals surface area contributed by atoms with Gasteiger partial charge in [-0.2, -0.15) is 4.73 Å². The minimum atomic E-state index is -0.00576. The Hall–Kier alpha value is -4.19. The van der Waals surface area contributed by atoms with Gasteiger partial charge in [0.1, 0.15) is 5.84 Å². The third-order valence-corrected chi connectivity index (χ3v) is 5.50. The van der Waals surface area contributed by atoms with Crippen molar-refractivity contribution in [3.63, 3.8) is 0 Å². The molecule has 1 aromatic heterocycles. The molecule has 0 fully saturated rings. The van der Waals surface area contributed by atoms with Crippen molar-refractivity contribution in [3.05, 3.63) is 112 Å². The van der Waals surface area contributed by atoms with Crippen molar-refractivity contribution in [2.45, 2.75) is 6.42 Å². The summed E-state index contributed by atoms with van der Waals surface area (Å²) >= 11 is 0. The summed E-state index contributed by atoms with van der Waals surface area (Å²) in [6.45, 7) is 1.17. The molecule has 3 N–H and O–H groups in total. The van der Waals surface area contributed by atoms with Gasteiger partial charge in [-0.3, -0.25) is 10.2 Å². The predicted octanol–water partition coefficient (Wildman–Crippen LogP) is 3.70. The number of aromatic nitrogens is 1. The number of nitrogens with one attached hydrogen (secondary N) is 1. The molecule has 0 aliphatic carbocycles. The van der Waals surface area contributed by atoms with Crippen molar-refractivity contribution >= 4 is 29.5 Å². The van der Waals surface area contributed by atoms with E-state index in [0.29, 0.717) is 29.9 Å². The standard InChI is InChI=1S/C26H24N4O2/c27-25(28)23-5-3-4-22(18-23)20-13-16-29(17-14-20)26(31)21-10-7-19(8-11-21)9-12-24-6-1-2-15-30(24)32/h1-13,15,18H,14,16-17H2,(H3,27,28)/b12-9+. The van der Waals surface area contributed by atoms with Crippen molar-refractivity contribution in [1.82, 2.24) is 4.90 Å². The van der Waals surface area contributed by atoms with Gasteiger partial charge in [-0.25, -0.2) is 0 Å². The van der Waals surface area contributed by atoms with Gasteiger partial charge in [-0.05, 0) is 53.5 Å². The van der Waals surface area contributed by atoms with E-state index in [1.165, 1.54) is 6.20 Å². The minimum Gasteiger partial charge on any atom is -0.618 e. The maximum Gasteiger partial charge on any atom is 0.254 e. The summed E-state index contributed by atoms with van der Waals surface area (Å²) in [5, 5.41) is 19.3. The highest BCUT2D eigenvalue weighted by atomic mass is 16.5. The first-order valence-electron chi connectivity index (χ1n) is 10.4. The van der Waals surface area contributed by atoms with Crippen LogP contribution in [0.5, 0.6) is 0 Å². The lowest BCUT2D eigenvalue weighted by Gasteiger charge is -2.27. The lowest BCUT2D eigenvalue weighted by molar-refractivity contribution is -0.607. The molecule has 0 saturated carbocycles. The first-order valence-corrected chi connectivity index (χ1v) is 10.4. The van der Waals surface area contributed by atoms with E-state index in [1.807, 2.05) is 65.6 Å². The van der Waals surface area contributed by atoms with Crippen molar-refractivity contribution in [1.29, 1.82) is 5.41 Å². The largest absolute Gasteiger partial charge is 0.618 e. The molecule has 0 spiro atoms. The van der Waals surface area contributed by atoms with Crippen LogP contribution in [0.15, 0.2) is 79.0 Å². The summed E-state index contributed by atoms with van der Waals surface area (Å²) in [5.74, 6) is 0.0446. The van der Waals surface area contributed by atoms with Crippen LogP contribution >= 0.6 is 0 Å². The molecule has 0 atom stereocenters. The fourth-order valence-electron chi connectivity index (χ4n) is 3.67. The molecule has 1 amide bonds. The van der Waals surface area contributed by atoms with Crippen LogP contribution in [0.1, 0.15) is 39.2 Å². The van der Waals surface area contributed by atoms with Crippen LogP contribution in [0.4, 0.5) is 0 Å². The molecule has 160 valence electrons. The molecule has 6 nitrogen and oxygen atoms in total. The number of carbonyl (C=O) groups is 1. The highest BCUT2D eigenvalue weighted by molar-refractivity contribution is 5.96. The van der Waals surface area contributed by atoms with E-state index < -0.39 is 0 Å². The molecular formula is C26H24N4O2. The van der Waals surface area contributed by atoms with E-state index in [4.69, 9.17) is 11.1 Å². The Morgan fingerprint density at radius 2 is 1.84 bits per heavy atom. The van der Waals surface area contributed by atoms with E-state index >= 15 is 0 Å². The predicted molar refractivity (Wildman–Crippen MR) is 127 cm³/mol. The van der Waals surface area contributed by atoms with Gasteiger partial charge in [-0.1, -0.05) is 36.4 Å². The Labute approximate surface area is 187 Å². The van der Waals surface area contributed by atoms with Crippen LogP contribution < -0.4 is 10.5 Å². The Morgan fingerprint density at radius 1 is 1.03 bits per heavy atom. The first kappa shape index (κ1) is 21.1. The number of pyridine rings is 1. The number of rotatable bonds is 5. The smallest absolute Gasteiger partial charge is 0.254 e. The summed E-state index contributed by atoms with van der Waals surface area (Å²) in [5.41, 5.74) is 10.6. The van der Waals surface area contributed by atoms with Crippen molar-refractivity contribution in [3.8, 4) is 0 Å². The lowest BCUT2D eigenvalue weighted by atomic mass is 9.97. The van der Waals surface area contributed by atoms with Gasteiger partial charge in [0.25, 0.3) is 5.91 Å². The van der Waals surface area contributed by atoms with Crippen LogP contribution in [0, 0.1) is 10.6 Å². The Kier molecular flexibility index (Phi) is 6.12. The summed E-state index contributed by atoms with van der Waals surface area (Å²) in [6.07, 6.45) is 7.88. The molecule has 0 bridgehead atoms. The third kappa shape index (κ3) is 4.75. The molecule has 6 heteroatoms. The zero-order valence-corrected chi connectivity index (χ0v) is 17.6. The Bertz CT molecular complexity index is 1210. The molecular weight excluding hydrogens is 400 g/mol. The van der Waals surface area contributed by atoms with Gasteiger partial charge in [0, 0.05) is 42.4 Å². The fourth-order valence-corrected chi connectivity index (χ4v) is 3.67. The topological polar surface area (TPSA) is 97.1 Å². The maximum atomic E-state index is 12.9. The zero-order valence-electron chi connectivity index (χ0n) is 17.6. The van der Waals surface area contributed by atoms with E-state index in [2.05, 4.69) is 6.08 Å². The monoisotopic (exact) mass is 424 g/mol. The highest BCUT2D eigenvalue weighted by Gasteiger charge is 2.19. The second kappa shape index (κ2) is 9.31. The summed E-state index contributed by atoms with van der Waals surface area (Å²) in [7, 11) is 0. The van der Waals surface area contributed by atoms with Crippen molar-refractivity contribution in [2.75, 3.05) is 13.1 Å². The number of hydrogen-bond donors (Lipinski definition) is 2. The van der Waals surface area contributed by atoms with Crippen LogP contribution in [-0.4, -0.2) is 29.7 Å². The van der Waals surface area contributed by atoms with Gasteiger partial charge in [-0.15, -0.1) is 0 Å². The van der Waals surface area contributed by atoms with E-state index in [9.17, 15) is 10.0 Å². The fraction of sp³-hybridized carbons (Fsp3) is 0.115. The molecule has 2 heterocycles. The molecule has 0 radical (unpaired) electrons. The first-order chi connectivity index (χ1) is 15.5. The number of hydrogen-bond acceptors (Lipinski definition) is 3.